The number of rotatable bonds is 2. The Labute approximate surface area is 142 Å². The topological polar surface area (TPSA) is 20.3 Å². The van der Waals surface area contributed by atoms with Crippen molar-refractivity contribution in [2.45, 2.75) is 25.9 Å². The molecule has 1 aromatic heterocycles. The standard InChI is InChI=1S/C18H18F3NOS/c1-12-4-3-9-22(11-12)17(23)16-8-7-15(24-16)13-5-2-6-14(10-13)18(19,20)21/h2,5-8,10,12H,3-4,9,11H2,1H3/t12-/m1/s1. The molecule has 1 saturated heterocycles. The summed E-state index contributed by atoms with van der Waals surface area (Å²) in [4.78, 5) is 15.7. The quantitative estimate of drug-likeness (QED) is 0.717. The van der Waals surface area contributed by atoms with E-state index < -0.39 is 11.7 Å². The second kappa shape index (κ2) is 6.59. The molecular weight excluding hydrogens is 335 g/mol. The SMILES string of the molecule is C[C@@H]1CCCN(C(=O)c2ccc(-c3cccc(C(F)(F)F)c3)s2)C1. The summed E-state index contributed by atoms with van der Waals surface area (Å²) < 4.78 is 38.5. The van der Waals surface area contributed by atoms with Crippen molar-refractivity contribution < 1.29 is 18.0 Å². The van der Waals surface area contributed by atoms with Crippen LogP contribution in [0.5, 0.6) is 0 Å². The Bertz CT molecular complexity index is 738. The van der Waals surface area contributed by atoms with E-state index in [1.54, 1.807) is 18.2 Å². The van der Waals surface area contributed by atoms with Gasteiger partial charge in [0.2, 0.25) is 0 Å². The van der Waals surface area contributed by atoms with E-state index in [4.69, 9.17) is 0 Å². The van der Waals surface area contributed by atoms with Gasteiger partial charge in [-0.15, -0.1) is 11.3 Å². The highest BCUT2D eigenvalue weighted by Gasteiger charge is 2.30. The molecule has 24 heavy (non-hydrogen) atoms. The fraction of sp³-hybridized carbons (Fsp3) is 0.389. The van der Waals surface area contributed by atoms with Crippen LogP contribution < -0.4 is 0 Å². The van der Waals surface area contributed by atoms with Gasteiger partial charge in [0.1, 0.15) is 0 Å². The van der Waals surface area contributed by atoms with Crippen LogP contribution in [0.3, 0.4) is 0 Å². The van der Waals surface area contributed by atoms with Gasteiger partial charge in [-0.1, -0.05) is 19.1 Å². The third-order valence-corrected chi connectivity index (χ3v) is 5.36. The molecule has 128 valence electrons. The minimum absolute atomic E-state index is 0.0234. The maximum Gasteiger partial charge on any atom is 0.416 e. The van der Waals surface area contributed by atoms with Gasteiger partial charge in [-0.3, -0.25) is 4.79 Å². The molecule has 1 aromatic carbocycles. The summed E-state index contributed by atoms with van der Waals surface area (Å²) in [5.41, 5.74) is -0.188. The molecule has 0 saturated carbocycles. The maximum atomic E-state index is 12.8. The number of hydrogen-bond donors (Lipinski definition) is 0. The van der Waals surface area contributed by atoms with Crippen molar-refractivity contribution in [2.75, 3.05) is 13.1 Å². The highest BCUT2D eigenvalue weighted by Crippen LogP contribution is 2.35. The molecule has 0 radical (unpaired) electrons. The van der Waals surface area contributed by atoms with Gasteiger partial charge in [-0.05, 0) is 48.6 Å². The van der Waals surface area contributed by atoms with Gasteiger partial charge in [0.15, 0.2) is 0 Å². The van der Waals surface area contributed by atoms with E-state index in [9.17, 15) is 18.0 Å². The largest absolute Gasteiger partial charge is 0.416 e. The molecule has 0 N–H and O–H groups in total. The number of amides is 1. The lowest BCUT2D eigenvalue weighted by Gasteiger charge is -2.30. The Kier molecular flexibility index (Phi) is 4.67. The van der Waals surface area contributed by atoms with Crippen LogP contribution >= 0.6 is 11.3 Å². The van der Waals surface area contributed by atoms with E-state index in [1.807, 2.05) is 4.90 Å². The molecular formula is C18H18F3NOS. The molecule has 1 aliphatic rings. The lowest BCUT2D eigenvalue weighted by molar-refractivity contribution is -0.137. The molecule has 2 nitrogen and oxygen atoms in total. The van der Waals surface area contributed by atoms with E-state index in [0.29, 0.717) is 21.2 Å². The fourth-order valence-corrected chi connectivity index (χ4v) is 3.96. The van der Waals surface area contributed by atoms with Gasteiger partial charge in [0.05, 0.1) is 10.4 Å². The smallest absolute Gasteiger partial charge is 0.338 e. The van der Waals surface area contributed by atoms with Gasteiger partial charge < -0.3 is 4.90 Å². The Balaban J connectivity index is 1.82. The average Bonchev–Trinajstić information content (AvgIpc) is 3.03. The molecule has 1 aliphatic heterocycles. The van der Waals surface area contributed by atoms with E-state index >= 15 is 0 Å². The number of thiophene rings is 1. The third kappa shape index (κ3) is 3.64. The van der Waals surface area contributed by atoms with Crippen LogP contribution in [-0.4, -0.2) is 23.9 Å². The second-order valence-electron chi connectivity index (χ2n) is 6.24. The van der Waals surface area contributed by atoms with E-state index in [0.717, 1.165) is 38.1 Å². The molecule has 0 bridgehead atoms. The van der Waals surface area contributed by atoms with Crippen molar-refractivity contribution in [1.82, 2.24) is 4.90 Å². The molecule has 6 heteroatoms. The fourth-order valence-electron chi connectivity index (χ4n) is 2.99. The summed E-state index contributed by atoms with van der Waals surface area (Å²) >= 11 is 1.25. The van der Waals surface area contributed by atoms with Crippen LogP contribution in [0, 0.1) is 5.92 Å². The van der Waals surface area contributed by atoms with Crippen molar-refractivity contribution >= 4 is 17.2 Å². The number of carbonyl (C=O) groups excluding carboxylic acids is 1. The first-order valence-electron chi connectivity index (χ1n) is 7.91. The Morgan fingerprint density at radius 2 is 2.04 bits per heavy atom. The summed E-state index contributed by atoms with van der Waals surface area (Å²) in [5.74, 6) is 0.468. The first-order valence-corrected chi connectivity index (χ1v) is 8.73. The Morgan fingerprint density at radius 3 is 2.75 bits per heavy atom. The zero-order valence-corrected chi connectivity index (χ0v) is 14.1. The van der Waals surface area contributed by atoms with E-state index in [1.165, 1.54) is 17.4 Å². The lowest BCUT2D eigenvalue weighted by atomic mass is 10.0. The molecule has 0 aliphatic carbocycles. The Morgan fingerprint density at radius 1 is 1.25 bits per heavy atom. The van der Waals surface area contributed by atoms with Crippen LogP contribution in [0.2, 0.25) is 0 Å². The monoisotopic (exact) mass is 353 g/mol. The van der Waals surface area contributed by atoms with Crippen LogP contribution in [-0.2, 0) is 6.18 Å². The predicted octanol–water partition coefficient (Wildman–Crippen LogP) is 5.31. The number of piperidine rings is 1. The number of alkyl halides is 3. The molecule has 0 spiro atoms. The number of halogens is 3. The average molecular weight is 353 g/mol. The third-order valence-electron chi connectivity index (χ3n) is 4.24. The number of likely N-dealkylation sites (tertiary alicyclic amines) is 1. The molecule has 2 aromatic rings. The summed E-state index contributed by atoms with van der Waals surface area (Å²) in [7, 11) is 0. The van der Waals surface area contributed by atoms with E-state index in [-0.39, 0.29) is 5.91 Å². The van der Waals surface area contributed by atoms with Crippen molar-refractivity contribution in [3.05, 3.63) is 46.8 Å². The van der Waals surface area contributed by atoms with Crippen molar-refractivity contribution in [2.24, 2.45) is 5.92 Å². The van der Waals surface area contributed by atoms with Crippen LogP contribution in [0.25, 0.3) is 10.4 Å². The summed E-state index contributed by atoms with van der Waals surface area (Å²) in [5, 5.41) is 0. The Hall–Kier alpha value is -1.82. The van der Waals surface area contributed by atoms with E-state index in [2.05, 4.69) is 6.92 Å². The number of carbonyl (C=O) groups is 1. The summed E-state index contributed by atoms with van der Waals surface area (Å²) in [6, 6.07) is 8.65. The first-order chi connectivity index (χ1) is 11.3. The molecule has 2 heterocycles. The molecule has 3 rings (SSSR count). The number of nitrogens with zero attached hydrogens (tertiary/aromatic N) is 1. The second-order valence-corrected chi connectivity index (χ2v) is 7.32. The van der Waals surface area contributed by atoms with Gasteiger partial charge in [0, 0.05) is 18.0 Å². The zero-order chi connectivity index (χ0) is 17.3. The molecule has 1 amide bonds. The lowest BCUT2D eigenvalue weighted by Crippen LogP contribution is -2.38. The van der Waals surface area contributed by atoms with Crippen molar-refractivity contribution in [3.63, 3.8) is 0 Å². The molecule has 0 unspecified atom stereocenters. The van der Waals surface area contributed by atoms with Gasteiger partial charge in [-0.2, -0.15) is 13.2 Å². The number of benzene rings is 1. The highest BCUT2D eigenvalue weighted by molar-refractivity contribution is 7.17. The minimum atomic E-state index is -4.37. The van der Waals surface area contributed by atoms with Crippen LogP contribution in [0.4, 0.5) is 13.2 Å². The summed E-state index contributed by atoms with van der Waals surface area (Å²) in [6.45, 7) is 3.62. The molecule has 1 fully saturated rings. The maximum absolute atomic E-state index is 12.8. The van der Waals surface area contributed by atoms with Gasteiger partial charge in [-0.25, -0.2) is 0 Å². The zero-order valence-electron chi connectivity index (χ0n) is 13.3. The predicted molar refractivity (Wildman–Crippen MR) is 89.1 cm³/mol. The first kappa shape index (κ1) is 17.0. The van der Waals surface area contributed by atoms with Crippen molar-refractivity contribution in [1.29, 1.82) is 0 Å². The molecule has 1 atom stereocenters. The summed E-state index contributed by atoms with van der Waals surface area (Å²) in [6.07, 6.45) is -2.24. The van der Waals surface area contributed by atoms with Gasteiger partial charge >= 0.3 is 6.18 Å². The normalized spacial score (nSPS) is 18.7. The van der Waals surface area contributed by atoms with Crippen molar-refractivity contribution in [3.8, 4) is 10.4 Å². The highest BCUT2D eigenvalue weighted by atomic mass is 32.1. The van der Waals surface area contributed by atoms with Crippen LogP contribution in [0.1, 0.15) is 35.0 Å². The number of hydrogen-bond acceptors (Lipinski definition) is 2. The minimum Gasteiger partial charge on any atom is -0.338 e. The van der Waals surface area contributed by atoms with Gasteiger partial charge in [0.25, 0.3) is 5.91 Å². The van der Waals surface area contributed by atoms with Crippen LogP contribution in [0.15, 0.2) is 36.4 Å².